The summed E-state index contributed by atoms with van der Waals surface area (Å²) in [6.45, 7) is 4.18. The molecule has 2 unspecified atom stereocenters. The molecule has 0 radical (unpaired) electrons. The van der Waals surface area contributed by atoms with Gasteiger partial charge in [0.05, 0.1) is 12.1 Å². The molecule has 160 valence electrons. The second-order valence-corrected chi connectivity index (χ2v) is 8.94. The predicted octanol–water partition coefficient (Wildman–Crippen LogP) is 0.857. The van der Waals surface area contributed by atoms with Crippen molar-refractivity contribution in [1.29, 1.82) is 0 Å². The molecular weight excluding hydrogens is 382 g/mol. The Balaban J connectivity index is 1.24. The van der Waals surface area contributed by atoms with Crippen LogP contribution in [0.1, 0.15) is 42.5 Å². The van der Waals surface area contributed by atoms with Gasteiger partial charge in [-0.1, -0.05) is 12.1 Å². The molecule has 1 aromatic carbocycles. The number of para-hydroxylation sites is 1. The van der Waals surface area contributed by atoms with Crippen LogP contribution in [-0.2, 0) is 9.59 Å². The van der Waals surface area contributed by atoms with Crippen molar-refractivity contribution in [3.63, 3.8) is 0 Å². The highest BCUT2D eigenvalue weighted by Gasteiger charge is 2.41. The lowest BCUT2D eigenvalue weighted by Crippen LogP contribution is -2.58. The standard InChI is InChI=1S/C22H29N5O3/c28-19-7-8-22(23-18-6-2-1-5-17(18)21(30)24-22)9-11-26(19)15-20(29)27-13-12-25-10-3-4-16(25)14-27/h1-2,5-6,16,23H,3-4,7-15H2,(H,24,30). The average molecular weight is 412 g/mol. The molecule has 2 atom stereocenters. The van der Waals surface area contributed by atoms with Gasteiger partial charge in [0.1, 0.15) is 5.66 Å². The fourth-order valence-electron chi connectivity index (χ4n) is 5.32. The van der Waals surface area contributed by atoms with E-state index in [0.717, 1.165) is 38.3 Å². The number of nitrogens with zero attached hydrogens (tertiary/aromatic N) is 3. The molecule has 5 rings (SSSR count). The van der Waals surface area contributed by atoms with Gasteiger partial charge in [-0.2, -0.15) is 0 Å². The van der Waals surface area contributed by atoms with Crippen LogP contribution in [0.15, 0.2) is 24.3 Å². The first kappa shape index (κ1) is 19.4. The van der Waals surface area contributed by atoms with Crippen LogP contribution in [0.5, 0.6) is 0 Å². The number of carbonyl (C=O) groups excluding carboxylic acids is 3. The highest BCUT2D eigenvalue weighted by molar-refractivity contribution is 6.02. The number of anilines is 1. The van der Waals surface area contributed by atoms with E-state index in [-0.39, 0.29) is 24.3 Å². The molecule has 0 bridgehead atoms. The highest BCUT2D eigenvalue weighted by Crippen LogP contribution is 2.31. The van der Waals surface area contributed by atoms with E-state index in [2.05, 4.69) is 15.5 Å². The Morgan fingerprint density at radius 2 is 1.93 bits per heavy atom. The third-order valence-electron chi connectivity index (χ3n) is 7.09. The van der Waals surface area contributed by atoms with Crippen LogP contribution in [0.4, 0.5) is 5.69 Å². The minimum Gasteiger partial charge on any atom is -0.362 e. The topological polar surface area (TPSA) is 85.0 Å². The molecule has 1 aromatic rings. The average Bonchev–Trinajstić information content (AvgIpc) is 3.17. The summed E-state index contributed by atoms with van der Waals surface area (Å²) in [4.78, 5) is 44.4. The lowest BCUT2D eigenvalue weighted by Gasteiger charge is -2.40. The van der Waals surface area contributed by atoms with Crippen molar-refractivity contribution in [2.75, 3.05) is 44.6 Å². The smallest absolute Gasteiger partial charge is 0.255 e. The second kappa shape index (κ2) is 7.58. The Labute approximate surface area is 176 Å². The minimum absolute atomic E-state index is 0.0189. The molecule has 1 spiro atoms. The van der Waals surface area contributed by atoms with E-state index >= 15 is 0 Å². The van der Waals surface area contributed by atoms with Crippen LogP contribution in [-0.4, -0.2) is 83.4 Å². The van der Waals surface area contributed by atoms with E-state index in [1.54, 1.807) is 11.0 Å². The van der Waals surface area contributed by atoms with Crippen LogP contribution in [0.25, 0.3) is 0 Å². The molecule has 0 aliphatic carbocycles. The van der Waals surface area contributed by atoms with Gasteiger partial charge in [-0.05, 0) is 37.9 Å². The largest absolute Gasteiger partial charge is 0.362 e. The van der Waals surface area contributed by atoms with Gasteiger partial charge in [-0.3, -0.25) is 19.3 Å². The van der Waals surface area contributed by atoms with E-state index in [1.807, 2.05) is 23.1 Å². The molecule has 2 N–H and O–H groups in total. The first-order valence-corrected chi connectivity index (χ1v) is 11.0. The first-order chi connectivity index (χ1) is 14.5. The summed E-state index contributed by atoms with van der Waals surface area (Å²) in [5.74, 6) is -0.0952. The number of piperazine rings is 1. The summed E-state index contributed by atoms with van der Waals surface area (Å²) in [6, 6.07) is 7.91. The van der Waals surface area contributed by atoms with Crippen molar-refractivity contribution in [3.05, 3.63) is 29.8 Å². The van der Waals surface area contributed by atoms with Gasteiger partial charge in [0, 0.05) is 50.7 Å². The molecule has 3 fully saturated rings. The summed E-state index contributed by atoms with van der Waals surface area (Å²) >= 11 is 0. The zero-order valence-electron chi connectivity index (χ0n) is 17.2. The van der Waals surface area contributed by atoms with Crippen molar-refractivity contribution < 1.29 is 14.4 Å². The van der Waals surface area contributed by atoms with E-state index in [0.29, 0.717) is 37.4 Å². The fraction of sp³-hybridized carbons (Fsp3) is 0.591. The Bertz CT molecular complexity index is 874. The van der Waals surface area contributed by atoms with Crippen molar-refractivity contribution in [1.82, 2.24) is 20.0 Å². The van der Waals surface area contributed by atoms with Crippen molar-refractivity contribution >= 4 is 23.4 Å². The van der Waals surface area contributed by atoms with E-state index in [4.69, 9.17) is 0 Å². The molecule has 0 aromatic heterocycles. The first-order valence-electron chi connectivity index (χ1n) is 11.0. The number of fused-ring (bicyclic) bond motifs is 2. The Morgan fingerprint density at radius 1 is 1.07 bits per heavy atom. The van der Waals surface area contributed by atoms with Crippen molar-refractivity contribution in [2.24, 2.45) is 0 Å². The molecule has 3 saturated heterocycles. The predicted molar refractivity (Wildman–Crippen MR) is 112 cm³/mol. The summed E-state index contributed by atoms with van der Waals surface area (Å²) in [6.07, 6.45) is 3.75. The monoisotopic (exact) mass is 411 g/mol. The molecule has 4 aliphatic rings. The fourth-order valence-corrected chi connectivity index (χ4v) is 5.32. The van der Waals surface area contributed by atoms with Crippen LogP contribution in [0, 0.1) is 0 Å². The number of benzene rings is 1. The lowest BCUT2D eigenvalue weighted by molar-refractivity contribution is -0.141. The highest BCUT2D eigenvalue weighted by atomic mass is 16.2. The number of rotatable bonds is 2. The molecular formula is C22H29N5O3. The maximum atomic E-state index is 12.9. The van der Waals surface area contributed by atoms with Gasteiger partial charge in [-0.25, -0.2) is 0 Å². The van der Waals surface area contributed by atoms with Crippen LogP contribution in [0.3, 0.4) is 0 Å². The van der Waals surface area contributed by atoms with Crippen molar-refractivity contribution in [2.45, 2.75) is 43.8 Å². The van der Waals surface area contributed by atoms with Crippen molar-refractivity contribution in [3.8, 4) is 0 Å². The number of carbonyl (C=O) groups is 3. The molecule has 8 nitrogen and oxygen atoms in total. The van der Waals surface area contributed by atoms with Gasteiger partial charge in [0.25, 0.3) is 5.91 Å². The van der Waals surface area contributed by atoms with Gasteiger partial charge >= 0.3 is 0 Å². The van der Waals surface area contributed by atoms with Gasteiger partial charge < -0.3 is 20.4 Å². The van der Waals surface area contributed by atoms with E-state index in [9.17, 15) is 14.4 Å². The number of nitrogens with one attached hydrogen (secondary N) is 2. The van der Waals surface area contributed by atoms with Gasteiger partial charge in [0.15, 0.2) is 0 Å². The molecule has 30 heavy (non-hydrogen) atoms. The molecule has 0 saturated carbocycles. The maximum absolute atomic E-state index is 12.9. The number of hydrogen-bond acceptors (Lipinski definition) is 5. The third-order valence-corrected chi connectivity index (χ3v) is 7.09. The van der Waals surface area contributed by atoms with Crippen LogP contribution in [0.2, 0.25) is 0 Å². The lowest BCUT2D eigenvalue weighted by atomic mass is 9.95. The summed E-state index contributed by atoms with van der Waals surface area (Å²) in [5.41, 5.74) is 0.776. The van der Waals surface area contributed by atoms with Crippen LogP contribution >= 0.6 is 0 Å². The molecule has 4 heterocycles. The Kier molecular flexibility index (Phi) is 4.89. The Hall–Kier alpha value is -2.61. The zero-order chi connectivity index (χ0) is 20.7. The quantitative estimate of drug-likeness (QED) is 0.754. The van der Waals surface area contributed by atoms with Gasteiger partial charge in [-0.15, -0.1) is 0 Å². The number of hydrogen-bond donors (Lipinski definition) is 2. The van der Waals surface area contributed by atoms with Crippen LogP contribution < -0.4 is 10.6 Å². The maximum Gasteiger partial charge on any atom is 0.255 e. The number of likely N-dealkylation sites (tertiary alicyclic amines) is 1. The van der Waals surface area contributed by atoms with E-state index < -0.39 is 5.66 Å². The number of amides is 3. The molecule has 8 heteroatoms. The summed E-state index contributed by atoms with van der Waals surface area (Å²) in [5, 5.41) is 6.54. The summed E-state index contributed by atoms with van der Waals surface area (Å²) < 4.78 is 0. The normalized spacial score (nSPS) is 29.1. The SMILES string of the molecule is O=C1NC2(CCC(=O)N(CC(=O)N3CCN4CCCC4C3)CC2)Nc2ccccc21. The van der Waals surface area contributed by atoms with Gasteiger partial charge in [0.2, 0.25) is 11.8 Å². The molecule has 3 amide bonds. The van der Waals surface area contributed by atoms with E-state index in [1.165, 1.54) is 6.42 Å². The second-order valence-electron chi connectivity index (χ2n) is 8.94. The minimum atomic E-state index is -0.644. The molecule has 4 aliphatic heterocycles. The third kappa shape index (κ3) is 3.53. The zero-order valence-corrected chi connectivity index (χ0v) is 17.2. The summed E-state index contributed by atoms with van der Waals surface area (Å²) in [7, 11) is 0. The Morgan fingerprint density at radius 3 is 2.83 bits per heavy atom.